The van der Waals surface area contributed by atoms with Gasteiger partial charge >= 0.3 is 0 Å². The number of ether oxygens (including phenoxy) is 1. The quantitative estimate of drug-likeness (QED) is 0.755. The molecule has 1 saturated carbocycles. The summed E-state index contributed by atoms with van der Waals surface area (Å²) in [6.45, 7) is 1.82. The Morgan fingerprint density at radius 1 is 1.18 bits per heavy atom. The van der Waals surface area contributed by atoms with Crippen molar-refractivity contribution in [3.05, 3.63) is 29.3 Å². The van der Waals surface area contributed by atoms with E-state index in [0.29, 0.717) is 35.1 Å². The van der Waals surface area contributed by atoms with E-state index < -0.39 is 11.9 Å². The lowest BCUT2D eigenvalue weighted by atomic mass is 10.0. The normalized spacial score (nSPS) is 28.1. The lowest BCUT2D eigenvalue weighted by Gasteiger charge is -2.29. The van der Waals surface area contributed by atoms with Crippen molar-refractivity contribution in [1.82, 2.24) is 15.1 Å². The van der Waals surface area contributed by atoms with Gasteiger partial charge in [-0.05, 0) is 36.8 Å². The smallest absolute Gasteiger partial charge is 0.260 e. The molecule has 1 unspecified atom stereocenters. The highest BCUT2D eigenvalue weighted by Crippen LogP contribution is 2.44. The van der Waals surface area contributed by atoms with Crippen LogP contribution in [-0.2, 0) is 20.9 Å². The largest absolute Gasteiger partial charge is 0.483 e. The van der Waals surface area contributed by atoms with Gasteiger partial charge in [-0.2, -0.15) is 0 Å². The Kier molecular flexibility index (Phi) is 3.89. The molecule has 1 aromatic carbocycles. The van der Waals surface area contributed by atoms with Gasteiger partial charge in [0.25, 0.3) is 11.8 Å². The van der Waals surface area contributed by atoms with Crippen LogP contribution in [0.3, 0.4) is 0 Å². The van der Waals surface area contributed by atoms with E-state index >= 15 is 0 Å². The number of fused-ring (bicyclic) bond motifs is 2. The first-order valence-corrected chi connectivity index (χ1v) is 9.68. The molecule has 4 amide bonds. The molecular weight excluding hydrogens is 362 g/mol. The second kappa shape index (κ2) is 6.32. The fourth-order valence-corrected chi connectivity index (χ4v) is 4.53. The Labute approximate surface area is 161 Å². The molecule has 3 atom stereocenters. The predicted octanol–water partition coefficient (Wildman–Crippen LogP) is 0.305. The zero-order valence-electron chi connectivity index (χ0n) is 15.3. The van der Waals surface area contributed by atoms with Crippen LogP contribution in [0, 0.1) is 11.8 Å². The van der Waals surface area contributed by atoms with Crippen LogP contribution in [0.1, 0.15) is 35.2 Å². The maximum Gasteiger partial charge on any atom is 0.260 e. The third-order valence-electron chi connectivity index (χ3n) is 6.22. The number of hydrogen-bond donors (Lipinski definition) is 1. The second-order valence-electron chi connectivity index (χ2n) is 8.03. The monoisotopic (exact) mass is 383 g/mol. The molecule has 8 heteroatoms. The van der Waals surface area contributed by atoms with E-state index in [0.717, 1.165) is 13.1 Å². The van der Waals surface area contributed by atoms with Gasteiger partial charge in [-0.1, -0.05) is 6.07 Å². The molecule has 0 spiro atoms. The average Bonchev–Trinajstić information content (AvgIpc) is 3.13. The van der Waals surface area contributed by atoms with E-state index in [1.807, 2.05) is 4.90 Å². The van der Waals surface area contributed by atoms with Crippen molar-refractivity contribution in [1.29, 1.82) is 0 Å². The van der Waals surface area contributed by atoms with Crippen molar-refractivity contribution in [3.63, 3.8) is 0 Å². The van der Waals surface area contributed by atoms with Crippen LogP contribution in [0.4, 0.5) is 0 Å². The van der Waals surface area contributed by atoms with Crippen molar-refractivity contribution in [2.24, 2.45) is 11.8 Å². The molecule has 146 valence electrons. The van der Waals surface area contributed by atoms with E-state index in [1.165, 1.54) is 11.3 Å². The van der Waals surface area contributed by atoms with Gasteiger partial charge in [0.05, 0.1) is 6.54 Å². The summed E-state index contributed by atoms with van der Waals surface area (Å²) in [4.78, 5) is 52.0. The van der Waals surface area contributed by atoms with Crippen molar-refractivity contribution in [3.8, 4) is 5.75 Å². The van der Waals surface area contributed by atoms with E-state index in [2.05, 4.69) is 5.32 Å². The lowest BCUT2D eigenvalue weighted by molar-refractivity contribution is -0.137. The van der Waals surface area contributed by atoms with Gasteiger partial charge in [-0.3, -0.25) is 24.5 Å². The molecule has 4 aliphatic rings. The number of nitrogens with one attached hydrogen (secondary N) is 1. The summed E-state index contributed by atoms with van der Waals surface area (Å²) in [7, 11) is 0. The zero-order chi connectivity index (χ0) is 19.4. The summed E-state index contributed by atoms with van der Waals surface area (Å²) in [5, 5.41) is 2.29. The Morgan fingerprint density at radius 2 is 1.96 bits per heavy atom. The number of imide groups is 1. The SMILES string of the molecule is O=C1CCC(N2Cc3c(OCC(=O)N4C[C@H]5C[C@H]5C4)cccc3C2=O)C(=O)N1. The lowest BCUT2D eigenvalue weighted by Crippen LogP contribution is -2.52. The van der Waals surface area contributed by atoms with Gasteiger partial charge in [-0.25, -0.2) is 0 Å². The van der Waals surface area contributed by atoms with Crippen molar-refractivity contribution in [2.45, 2.75) is 31.8 Å². The first kappa shape index (κ1) is 17.2. The Hall–Kier alpha value is -2.90. The molecule has 2 saturated heterocycles. The molecule has 3 fully saturated rings. The molecule has 0 aromatic heterocycles. The number of rotatable bonds is 4. The summed E-state index contributed by atoms with van der Waals surface area (Å²) in [6.07, 6.45) is 1.76. The molecule has 1 aromatic rings. The van der Waals surface area contributed by atoms with Gasteiger partial charge in [0.2, 0.25) is 11.8 Å². The molecule has 8 nitrogen and oxygen atoms in total. The standard InChI is InChI=1S/C20H21N3O5/c24-17-5-4-15(19(26)21-17)23-9-14-13(20(23)27)2-1-3-16(14)28-10-18(25)22-7-11-6-12(11)8-22/h1-3,11-12,15H,4-10H2,(H,21,24,26)/t11-,12+,15?. The minimum absolute atomic E-state index is 0.0313. The van der Waals surface area contributed by atoms with Gasteiger partial charge in [0, 0.05) is 30.6 Å². The molecule has 1 aliphatic carbocycles. The number of nitrogens with zero attached hydrogens (tertiary/aromatic N) is 2. The maximum atomic E-state index is 12.8. The predicted molar refractivity (Wildman–Crippen MR) is 96.2 cm³/mol. The average molecular weight is 383 g/mol. The van der Waals surface area contributed by atoms with Crippen LogP contribution in [0.25, 0.3) is 0 Å². The molecule has 0 radical (unpaired) electrons. The third-order valence-corrected chi connectivity index (χ3v) is 6.22. The van der Waals surface area contributed by atoms with Gasteiger partial charge in [0.1, 0.15) is 11.8 Å². The number of piperidine rings is 2. The topological polar surface area (TPSA) is 96.0 Å². The molecule has 0 bridgehead atoms. The van der Waals surface area contributed by atoms with E-state index in [1.54, 1.807) is 18.2 Å². The fraction of sp³-hybridized carbons (Fsp3) is 0.500. The molecule has 1 N–H and O–H groups in total. The second-order valence-corrected chi connectivity index (χ2v) is 8.03. The summed E-state index contributed by atoms with van der Waals surface area (Å²) in [6, 6.07) is 4.50. The summed E-state index contributed by atoms with van der Waals surface area (Å²) < 4.78 is 5.78. The molecule has 3 aliphatic heterocycles. The molecule has 3 heterocycles. The van der Waals surface area contributed by atoms with E-state index in [9.17, 15) is 19.2 Å². The molecule has 28 heavy (non-hydrogen) atoms. The first-order valence-electron chi connectivity index (χ1n) is 9.68. The first-order chi connectivity index (χ1) is 13.5. The maximum absolute atomic E-state index is 12.8. The number of hydrogen-bond acceptors (Lipinski definition) is 5. The van der Waals surface area contributed by atoms with E-state index in [-0.39, 0.29) is 37.3 Å². The van der Waals surface area contributed by atoms with Gasteiger partial charge < -0.3 is 14.5 Å². The van der Waals surface area contributed by atoms with Gasteiger partial charge in [-0.15, -0.1) is 0 Å². The fourth-order valence-electron chi connectivity index (χ4n) is 4.53. The van der Waals surface area contributed by atoms with Gasteiger partial charge in [0.15, 0.2) is 6.61 Å². The minimum atomic E-state index is -0.664. The van der Waals surface area contributed by atoms with Crippen molar-refractivity contribution < 1.29 is 23.9 Å². The minimum Gasteiger partial charge on any atom is -0.483 e. The van der Waals surface area contributed by atoms with Crippen LogP contribution in [0.5, 0.6) is 5.75 Å². The van der Waals surface area contributed by atoms with Crippen LogP contribution in [-0.4, -0.2) is 59.2 Å². The van der Waals surface area contributed by atoms with Crippen LogP contribution in [0.2, 0.25) is 0 Å². The highest BCUT2D eigenvalue weighted by Gasteiger charge is 2.46. The number of likely N-dealkylation sites (tertiary alicyclic amines) is 1. The molecular formula is C20H21N3O5. The Balaban J connectivity index is 1.28. The molecule has 5 rings (SSSR count). The van der Waals surface area contributed by atoms with Crippen molar-refractivity contribution >= 4 is 23.6 Å². The third kappa shape index (κ3) is 2.83. The van der Waals surface area contributed by atoms with E-state index in [4.69, 9.17) is 4.74 Å². The van der Waals surface area contributed by atoms with Crippen LogP contribution < -0.4 is 10.1 Å². The number of amides is 4. The van der Waals surface area contributed by atoms with Crippen LogP contribution >= 0.6 is 0 Å². The zero-order valence-corrected chi connectivity index (χ0v) is 15.3. The van der Waals surface area contributed by atoms with Crippen LogP contribution in [0.15, 0.2) is 18.2 Å². The Bertz CT molecular complexity index is 888. The Morgan fingerprint density at radius 3 is 2.71 bits per heavy atom. The summed E-state index contributed by atoms with van der Waals surface area (Å²) >= 11 is 0. The highest BCUT2D eigenvalue weighted by molar-refractivity contribution is 6.05. The summed E-state index contributed by atoms with van der Waals surface area (Å²) in [5.41, 5.74) is 1.17. The number of carbonyl (C=O) groups is 4. The summed E-state index contributed by atoms with van der Waals surface area (Å²) in [5.74, 6) is 0.805. The number of carbonyl (C=O) groups excluding carboxylic acids is 4. The van der Waals surface area contributed by atoms with Crippen molar-refractivity contribution in [2.75, 3.05) is 19.7 Å². The number of benzene rings is 1. The highest BCUT2D eigenvalue weighted by atomic mass is 16.5.